The monoisotopic (exact) mass is 270 g/mol. The van der Waals surface area contributed by atoms with Crippen LogP contribution in [0.25, 0.3) is 0 Å². The van der Waals surface area contributed by atoms with Gasteiger partial charge in [-0.15, -0.1) is 0 Å². The number of halogens is 1. The van der Waals surface area contributed by atoms with Crippen LogP contribution in [0.15, 0.2) is 36.6 Å². The topological polar surface area (TPSA) is 18.5 Å². The number of allylic oxidation sites excluding steroid dienone is 1. The first kappa shape index (κ1) is 12.1. The summed E-state index contributed by atoms with van der Waals surface area (Å²) in [5, 5.41) is 0.842. The largest absolute Gasteiger partial charge is 0.501 e. The molecule has 0 heterocycles. The van der Waals surface area contributed by atoms with Gasteiger partial charge < -0.3 is 9.47 Å². The molecular weight excluding hydrogens is 256 g/mol. The minimum atomic E-state index is 0.685. The Kier molecular flexibility index (Phi) is 5.26. The molecule has 1 rings (SSSR count). The van der Waals surface area contributed by atoms with Crippen LogP contribution in [0, 0.1) is 0 Å². The lowest BCUT2D eigenvalue weighted by atomic mass is 10.1. The number of hydrogen-bond donors (Lipinski definition) is 0. The second kappa shape index (κ2) is 6.51. The lowest BCUT2D eigenvalue weighted by Crippen LogP contribution is -1.98. The third-order valence-electron chi connectivity index (χ3n) is 1.96. The van der Waals surface area contributed by atoms with E-state index in [1.54, 1.807) is 7.11 Å². The van der Waals surface area contributed by atoms with Crippen LogP contribution in [-0.2, 0) is 11.2 Å². The summed E-state index contributed by atoms with van der Waals surface area (Å²) in [5.41, 5.74) is 1.17. The van der Waals surface area contributed by atoms with E-state index >= 15 is 0 Å². The maximum atomic E-state index is 5.44. The van der Waals surface area contributed by atoms with Crippen LogP contribution in [0.5, 0.6) is 5.75 Å². The molecule has 15 heavy (non-hydrogen) atoms. The Morgan fingerprint density at radius 2 is 2.00 bits per heavy atom. The van der Waals surface area contributed by atoms with Gasteiger partial charge in [0.25, 0.3) is 0 Å². The number of hydrogen-bond acceptors (Lipinski definition) is 2. The van der Waals surface area contributed by atoms with Gasteiger partial charge in [0, 0.05) is 11.8 Å². The molecule has 0 amide bonds. The average Bonchev–Trinajstić information content (AvgIpc) is 2.28. The molecule has 0 atom stereocenters. The van der Waals surface area contributed by atoms with Crippen LogP contribution in [0.2, 0.25) is 0 Å². The first-order valence-corrected chi connectivity index (χ1v) is 5.88. The predicted octanol–water partition coefficient (Wildman–Crippen LogP) is 3.16. The van der Waals surface area contributed by atoms with Gasteiger partial charge in [0.2, 0.25) is 0 Å². The second-order valence-electron chi connectivity index (χ2n) is 3.10. The van der Waals surface area contributed by atoms with E-state index in [0.29, 0.717) is 6.61 Å². The minimum absolute atomic E-state index is 0.685. The quantitative estimate of drug-likeness (QED) is 0.584. The lowest BCUT2D eigenvalue weighted by Gasteiger charge is -2.06. The van der Waals surface area contributed by atoms with Gasteiger partial charge in [-0.05, 0) is 17.7 Å². The highest BCUT2D eigenvalue weighted by atomic mass is 79.9. The van der Waals surface area contributed by atoms with Crippen molar-refractivity contribution in [2.75, 3.05) is 19.0 Å². The standard InChI is InChI=1S/C12H15BrO2/c1-10(14-2)9-11-3-5-12(6-4-11)15-8-7-13/h3-6H,1,7-9H2,2H3. The van der Waals surface area contributed by atoms with Crippen LogP contribution < -0.4 is 4.74 Å². The number of rotatable bonds is 6. The smallest absolute Gasteiger partial charge is 0.119 e. The Hall–Kier alpha value is -0.960. The van der Waals surface area contributed by atoms with Gasteiger partial charge in [-0.1, -0.05) is 34.6 Å². The van der Waals surface area contributed by atoms with Crippen LogP contribution >= 0.6 is 15.9 Å². The molecule has 0 bridgehead atoms. The molecular formula is C12H15BrO2. The molecule has 0 N–H and O–H groups in total. The summed E-state index contributed by atoms with van der Waals surface area (Å²) in [6.07, 6.45) is 0.745. The fourth-order valence-corrected chi connectivity index (χ4v) is 1.32. The van der Waals surface area contributed by atoms with Crippen LogP contribution in [-0.4, -0.2) is 19.0 Å². The second-order valence-corrected chi connectivity index (χ2v) is 3.89. The summed E-state index contributed by atoms with van der Waals surface area (Å²) in [4.78, 5) is 0. The highest BCUT2D eigenvalue weighted by Crippen LogP contribution is 2.14. The van der Waals surface area contributed by atoms with Crippen LogP contribution in [0.1, 0.15) is 5.56 Å². The zero-order valence-electron chi connectivity index (χ0n) is 8.83. The van der Waals surface area contributed by atoms with E-state index in [9.17, 15) is 0 Å². The molecule has 0 spiro atoms. The molecule has 1 aromatic carbocycles. The summed E-state index contributed by atoms with van der Waals surface area (Å²) < 4.78 is 10.5. The van der Waals surface area contributed by atoms with Crippen molar-refractivity contribution >= 4 is 15.9 Å². The van der Waals surface area contributed by atoms with Crippen molar-refractivity contribution in [1.82, 2.24) is 0 Å². The van der Waals surface area contributed by atoms with E-state index in [1.807, 2.05) is 24.3 Å². The summed E-state index contributed by atoms with van der Waals surface area (Å²) in [6, 6.07) is 7.96. The Labute approximate surface area is 99.0 Å². The SMILES string of the molecule is C=C(Cc1ccc(OCCBr)cc1)OC. The molecule has 0 aliphatic carbocycles. The molecule has 0 aliphatic rings. The fourth-order valence-electron chi connectivity index (χ4n) is 1.16. The highest BCUT2D eigenvalue weighted by molar-refractivity contribution is 9.09. The van der Waals surface area contributed by atoms with Crippen LogP contribution in [0.3, 0.4) is 0 Å². The van der Waals surface area contributed by atoms with Crippen molar-refractivity contribution in [2.24, 2.45) is 0 Å². The van der Waals surface area contributed by atoms with Crippen molar-refractivity contribution in [3.63, 3.8) is 0 Å². The van der Waals surface area contributed by atoms with Gasteiger partial charge in [0.05, 0.1) is 19.5 Å². The number of alkyl halides is 1. The summed E-state index contributed by atoms with van der Waals surface area (Å²) in [7, 11) is 1.63. The number of benzene rings is 1. The highest BCUT2D eigenvalue weighted by Gasteiger charge is 1.98. The van der Waals surface area contributed by atoms with Gasteiger partial charge in [0.15, 0.2) is 0 Å². The van der Waals surface area contributed by atoms with Crippen molar-refractivity contribution in [2.45, 2.75) is 6.42 Å². The van der Waals surface area contributed by atoms with E-state index < -0.39 is 0 Å². The fraction of sp³-hybridized carbons (Fsp3) is 0.333. The van der Waals surface area contributed by atoms with Gasteiger partial charge in [0.1, 0.15) is 5.75 Å². The molecule has 3 heteroatoms. The first-order valence-electron chi connectivity index (χ1n) is 4.75. The summed E-state index contributed by atoms with van der Waals surface area (Å²) >= 11 is 3.31. The van der Waals surface area contributed by atoms with E-state index in [2.05, 4.69) is 22.5 Å². The van der Waals surface area contributed by atoms with Crippen LogP contribution in [0.4, 0.5) is 0 Å². The van der Waals surface area contributed by atoms with Gasteiger partial charge in [-0.2, -0.15) is 0 Å². The third kappa shape index (κ3) is 4.38. The molecule has 0 radical (unpaired) electrons. The maximum Gasteiger partial charge on any atom is 0.119 e. The van der Waals surface area contributed by atoms with Crippen molar-refractivity contribution in [1.29, 1.82) is 0 Å². The Morgan fingerprint density at radius 3 is 2.53 bits per heavy atom. The Balaban J connectivity index is 2.52. The van der Waals surface area contributed by atoms with Crippen molar-refractivity contribution in [3.8, 4) is 5.75 Å². The van der Waals surface area contributed by atoms with Gasteiger partial charge in [-0.25, -0.2) is 0 Å². The van der Waals surface area contributed by atoms with Crippen molar-refractivity contribution in [3.05, 3.63) is 42.2 Å². The van der Waals surface area contributed by atoms with Gasteiger partial charge >= 0.3 is 0 Å². The first-order chi connectivity index (χ1) is 7.26. The van der Waals surface area contributed by atoms with E-state index in [1.165, 1.54) is 5.56 Å². The molecule has 0 aliphatic heterocycles. The zero-order valence-corrected chi connectivity index (χ0v) is 10.4. The Bertz CT molecular complexity index is 306. The molecule has 1 aromatic rings. The van der Waals surface area contributed by atoms with Crippen molar-refractivity contribution < 1.29 is 9.47 Å². The maximum absolute atomic E-state index is 5.44. The summed E-state index contributed by atoms with van der Waals surface area (Å²) in [5.74, 6) is 1.66. The normalized spacial score (nSPS) is 9.73. The minimum Gasteiger partial charge on any atom is -0.501 e. The molecule has 2 nitrogen and oxygen atoms in total. The lowest BCUT2D eigenvalue weighted by molar-refractivity contribution is 0.285. The molecule has 0 fully saturated rings. The molecule has 0 saturated carbocycles. The van der Waals surface area contributed by atoms with E-state index in [4.69, 9.17) is 9.47 Å². The molecule has 0 unspecified atom stereocenters. The molecule has 82 valence electrons. The predicted molar refractivity (Wildman–Crippen MR) is 65.6 cm³/mol. The third-order valence-corrected chi connectivity index (χ3v) is 2.28. The number of methoxy groups -OCH3 is 1. The number of ether oxygens (including phenoxy) is 2. The average molecular weight is 271 g/mol. The Morgan fingerprint density at radius 1 is 1.33 bits per heavy atom. The molecule has 0 aromatic heterocycles. The summed E-state index contributed by atoms with van der Waals surface area (Å²) in [6.45, 7) is 4.47. The zero-order chi connectivity index (χ0) is 11.1. The van der Waals surface area contributed by atoms with Gasteiger partial charge in [-0.3, -0.25) is 0 Å². The van der Waals surface area contributed by atoms with E-state index in [0.717, 1.165) is 23.3 Å². The van der Waals surface area contributed by atoms with E-state index in [-0.39, 0.29) is 0 Å². The molecule has 0 saturated heterocycles.